The fraction of sp³-hybridized carbons (Fsp3) is 1.00. The lowest BCUT2D eigenvalue weighted by molar-refractivity contribution is 0.561. The molecule has 0 aliphatic carbocycles. The molecule has 0 aromatic heterocycles. The van der Waals surface area contributed by atoms with Gasteiger partial charge in [0, 0.05) is 5.75 Å². The third-order valence-corrected chi connectivity index (χ3v) is 1.31. The Bertz CT molecular complexity index is 62.7. The number of unbranched alkanes of at least 4 members (excludes halogenated alkanes) is 1. The molecule has 44 valence electrons. The minimum Gasteiger partial charge on any atom is -0.306 e. The molecule has 0 fully saturated rings. The summed E-state index contributed by atoms with van der Waals surface area (Å²) in [6, 6.07) is 0. The van der Waals surface area contributed by atoms with Crippen molar-refractivity contribution in [3.63, 3.8) is 0 Å². The zero-order valence-corrected chi connectivity index (χ0v) is 5.20. The fourth-order valence-electron chi connectivity index (χ4n) is 0.268. The van der Waals surface area contributed by atoms with Crippen LogP contribution < -0.4 is 0 Å². The average Bonchev–Trinajstić information content (AvgIpc) is 1.61. The summed E-state index contributed by atoms with van der Waals surface area (Å²) in [7, 11) is 0. The minimum absolute atomic E-state index is 0.427. The first-order valence-electron chi connectivity index (χ1n) is 2.35. The van der Waals surface area contributed by atoms with Crippen molar-refractivity contribution in [2.75, 3.05) is 5.75 Å². The predicted octanol–water partition coefficient (Wildman–Crippen LogP) is 1.01. The standard InChI is InChI=1S/C4H10O2S/c1-2-3-4-7(5)6/h2-4H2,1H3,(H,5,6). The van der Waals surface area contributed by atoms with Crippen molar-refractivity contribution < 1.29 is 8.76 Å². The summed E-state index contributed by atoms with van der Waals surface area (Å²) in [4.78, 5) is 0. The van der Waals surface area contributed by atoms with E-state index in [1.165, 1.54) is 0 Å². The van der Waals surface area contributed by atoms with E-state index in [9.17, 15) is 4.21 Å². The first-order chi connectivity index (χ1) is 3.27. The van der Waals surface area contributed by atoms with Crippen LogP contribution in [0.15, 0.2) is 0 Å². The Kier molecular flexibility index (Phi) is 4.34. The molecule has 0 spiro atoms. The van der Waals surface area contributed by atoms with Crippen LogP contribution in [0.4, 0.5) is 0 Å². The van der Waals surface area contributed by atoms with Crippen molar-refractivity contribution >= 4 is 11.1 Å². The Morgan fingerprint density at radius 1 is 1.71 bits per heavy atom. The highest BCUT2D eigenvalue weighted by atomic mass is 32.2. The SMILES string of the molecule is CCCCS(=O)O. The van der Waals surface area contributed by atoms with Gasteiger partial charge in [0.15, 0.2) is 11.1 Å². The van der Waals surface area contributed by atoms with Crippen LogP contribution in [-0.4, -0.2) is 14.5 Å². The summed E-state index contributed by atoms with van der Waals surface area (Å²) >= 11 is -1.57. The summed E-state index contributed by atoms with van der Waals surface area (Å²) in [5.41, 5.74) is 0. The molecule has 0 aromatic carbocycles. The summed E-state index contributed by atoms with van der Waals surface area (Å²) in [5.74, 6) is 0.427. The fourth-order valence-corrected chi connectivity index (χ4v) is 0.803. The van der Waals surface area contributed by atoms with Crippen LogP contribution >= 0.6 is 0 Å². The van der Waals surface area contributed by atoms with Gasteiger partial charge in [0.1, 0.15) is 0 Å². The van der Waals surface area contributed by atoms with Gasteiger partial charge >= 0.3 is 0 Å². The van der Waals surface area contributed by atoms with E-state index in [4.69, 9.17) is 4.55 Å². The van der Waals surface area contributed by atoms with Crippen molar-refractivity contribution in [2.45, 2.75) is 19.8 Å². The quantitative estimate of drug-likeness (QED) is 0.567. The van der Waals surface area contributed by atoms with Crippen LogP contribution in [0.2, 0.25) is 0 Å². The Balaban J connectivity index is 2.82. The zero-order valence-electron chi connectivity index (χ0n) is 4.39. The van der Waals surface area contributed by atoms with E-state index in [1.807, 2.05) is 6.92 Å². The van der Waals surface area contributed by atoms with Gasteiger partial charge < -0.3 is 4.55 Å². The maximum atomic E-state index is 9.87. The van der Waals surface area contributed by atoms with Crippen LogP contribution in [0, 0.1) is 0 Å². The summed E-state index contributed by atoms with van der Waals surface area (Å²) in [5, 5.41) is 0. The maximum Gasteiger partial charge on any atom is 0.152 e. The molecule has 0 rings (SSSR count). The first-order valence-corrected chi connectivity index (χ1v) is 3.62. The molecule has 2 nitrogen and oxygen atoms in total. The van der Waals surface area contributed by atoms with Crippen LogP contribution in [0.5, 0.6) is 0 Å². The van der Waals surface area contributed by atoms with Gasteiger partial charge in [-0.3, -0.25) is 0 Å². The maximum absolute atomic E-state index is 9.87. The van der Waals surface area contributed by atoms with Crippen molar-refractivity contribution in [3.05, 3.63) is 0 Å². The second kappa shape index (κ2) is 4.27. The van der Waals surface area contributed by atoms with E-state index >= 15 is 0 Å². The lowest BCUT2D eigenvalue weighted by Crippen LogP contribution is -1.92. The van der Waals surface area contributed by atoms with E-state index in [0.717, 1.165) is 12.8 Å². The van der Waals surface area contributed by atoms with E-state index in [1.54, 1.807) is 0 Å². The Hall–Kier alpha value is 0.110. The van der Waals surface area contributed by atoms with Crippen molar-refractivity contribution in [1.29, 1.82) is 0 Å². The molecule has 0 heterocycles. The van der Waals surface area contributed by atoms with Gasteiger partial charge in [-0.2, -0.15) is 0 Å². The highest BCUT2D eigenvalue weighted by Gasteiger charge is 1.87. The van der Waals surface area contributed by atoms with Crippen LogP contribution in [0.1, 0.15) is 19.8 Å². The molecule has 7 heavy (non-hydrogen) atoms. The molecule has 0 bridgehead atoms. The Morgan fingerprint density at radius 3 is 2.43 bits per heavy atom. The largest absolute Gasteiger partial charge is 0.306 e. The summed E-state index contributed by atoms with van der Waals surface area (Å²) < 4.78 is 18.0. The molecule has 0 aliphatic rings. The lowest BCUT2D eigenvalue weighted by Gasteiger charge is -1.86. The molecule has 1 atom stereocenters. The number of rotatable bonds is 3. The van der Waals surface area contributed by atoms with Gasteiger partial charge in [-0.05, 0) is 6.42 Å². The minimum atomic E-state index is -1.57. The molecule has 0 radical (unpaired) electrons. The molecular formula is C4H10O2S. The third-order valence-electron chi connectivity index (χ3n) is 0.673. The van der Waals surface area contributed by atoms with Gasteiger partial charge in [0.25, 0.3) is 0 Å². The van der Waals surface area contributed by atoms with Crippen molar-refractivity contribution in [3.8, 4) is 0 Å². The zero-order chi connectivity index (χ0) is 5.70. The highest BCUT2D eigenvalue weighted by Crippen LogP contribution is 1.86. The average molecular weight is 122 g/mol. The van der Waals surface area contributed by atoms with Crippen LogP contribution in [0.25, 0.3) is 0 Å². The van der Waals surface area contributed by atoms with Gasteiger partial charge in [-0.25, -0.2) is 4.21 Å². The molecule has 3 heteroatoms. The van der Waals surface area contributed by atoms with Gasteiger partial charge in [-0.15, -0.1) is 0 Å². The van der Waals surface area contributed by atoms with Crippen molar-refractivity contribution in [1.82, 2.24) is 0 Å². The van der Waals surface area contributed by atoms with E-state index in [-0.39, 0.29) is 0 Å². The lowest BCUT2D eigenvalue weighted by atomic mass is 10.4. The molecule has 0 saturated heterocycles. The summed E-state index contributed by atoms with van der Waals surface area (Å²) in [6.45, 7) is 1.99. The topological polar surface area (TPSA) is 37.3 Å². The van der Waals surface area contributed by atoms with Gasteiger partial charge in [-0.1, -0.05) is 13.3 Å². The molecule has 1 unspecified atom stereocenters. The summed E-state index contributed by atoms with van der Waals surface area (Å²) in [6.07, 6.45) is 1.84. The highest BCUT2D eigenvalue weighted by molar-refractivity contribution is 7.79. The first kappa shape index (κ1) is 7.11. The van der Waals surface area contributed by atoms with Gasteiger partial charge in [0.2, 0.25) is 0 Å². The molecule has 0 aliphatic heterocycles. The normalized spacial score (nSPS) is 14.0. The van der Waals surface area contributed by atoms with Crippen molar-refractivity contribution in [2.24, 2.45) is 0 Å². The smallest absolute Gasteiger partial charge is 0.152 e. The molecular weight excluding hydrogens is 112 g/mol. The van der Waals surface area contributed by atoms with E-state index in [0.29, 0.717) is 5.75 Å². The van der Waals surface area contributed by atoms with Gasteiger partial charge in [0.05, 0.1) is 0 Å². The second-order valence-electron chi connectivity index (χ2n) is 1.38. The van der Waals surface area contributed by atoms with E-state index in [2.05, 4.69) is 0 Å². The van der Waals surface area contributed by atoms with Crippen LogP contribution in [-0.2, 0) is 11.1 Å². The molecule has 0 saturated carbocycles. The molecule has 0 amide bonds. The molecule has 0 aromatic rings. The molecule has 1 N–H and O–H groups in total. The third kappa shape index (κ3) is 6.11. The van der Waals surface area contributed by atoms with Crippen LogP contribution in [0.3, 0.4) is 0 Å². The van der Waals surface area contributed by atoms with E-state index < -0.39 is 11.1 Å². The Labute approximate surface area is 46.2 Å². The monoisotopic (exact) mass is 122 g/mol. The number of hydrogen-bond acceptors (Lipinski definition) is 1. The Morgan fingerprint density at radius 2 is 2.29 bits per heavy atom. The second-order valence-corrected chi connectivity index (χ2v) is 2.43. The number of hydrogen-bond donors (Lipinski definition) is 1. The predicted molar refractivity (Wildman–Crippen MR) is 30.5 cm³/mol.